The Morgan fingerprint density at radius 1 is 1.20 bits per heavy atom. The average molecular weight is 306 g/mol. The van der Waals surface area contributed by atoms with Crippen molar-refractivity contribution >= 4 is 15.7 Å². The van der Waals surface area contributed by atoms with Gasteiger partial charge in [-0.05, 0) is 24.1 Å². The Labute approximate surface area is 115 Å². The summed E-state index contributed by atoms with van der Waals surface area (Å²) in [6.07, 6.45) is -5.76. The van der Waals surface area contributed by atoms with Gasteiger partial charge in [-0.15, -0.1) is 0 Å². The maximum absolute atomic E-state index is 11.9. The Balaban J connectivity index is 2.56. The average Bonchev–Trinajstić information content (AvgIpc) is 2.29. The van der Waals surface area contributed by atoms with Gasteiger partial charge in [-0.25, -0.2) is 8.42 Å². The minimum absolute atomic E-state index is 0.207. The molecule has 1 aromatic rings. The summed E-state index contributed by atoms with van der Waals surface area (Å²) < 4.78 is 61.1. The van der Waals surface area contributed by atoms with Gasteiger partial charge < -0.3 is 0 Å². The topological polar surface area (TPSA) is 70.0 Å². The van der Waals surface area contributed by atoms with Crippen molar-refractivity contribution in [3.63, 3.8) is 0 Å². The summed E-state index contributed by atoms with van der Waals surface area (Å²) in [6, 6.07) is 8.04. The van der Waals surface area contributed by atoms with Crippen molar-refractivity contribution < 1.29 is 21.6 Å². The number of alkyl halides is 3. The van der Waals surface area contributed by atoms with Gasteiger partial charge in [-0.2, -0.15) is 18.4 Å². The molecule has 0 heterocycles. The fourth-order valence-corrected chi connectivity index (χ4v) is 2.60. The highest BCUT2D eigenvalue weighted by Gasteiger charge is 2.27. The molecule has 20 heavy (non-hydrogen) atoms. The van der Waals surface area contributed by atoms with Crippen LogP contribution in [0.4, 0.5) is 18.9 Å². The smallest absolute Gasteiger partial charge is 0.284 e. The van der Waals surface area contributed by atoms with Crippen LogP contribution in [0.25, 0.3) is 0 Å². The summed E-state index contributed by atoms with van der Waals surface area (Å²) in [6.45, 7) is 0. The van der Waals surface area contributed by atoms with Crippen molar-refractivity contribution in [2.75, 3.05) is 10.5 Å². The van der Waals surface area contributed by atoms with Gasteiger partial charge in [-0.3, -0.25) is 4.72 Å². The van der Waals surface area contributed by atoms with Crippen molar-refractivity contribution in [3.05, 3.63) is 29.8 Å². The fraction of sp³-hybridized carbons (Fsp3) is 0.417. The number of sulfonamides is 1. The second-order valence-electron chi connectivity index (χ2n) is 4.17. The zero-order valence-electron chi connectivity index (χ0n) is 10.4. The van der Waals surface area contributed by atoms with E-state index in [1.165, 1.54) is 12.1 Å². The van der Waals surface area contributed by atoms with Crippen LogP contribution >= 0.6 is 0 Å². The molecule has 4 nitrogen and oxygen atoms in total. The maximum Gasteiger partial charge on any atom is 0.389 e. The van der Waals surface area contributed by atoms with Gasteiger partial charge in [0, 0.05) is 12.1 Å². The van der Waals surface area contributed by atoms with E-state index in [2.05, 4.69) is 4.72 Å². The first-order chi connectivity index (χ1) is 9.22. The zero-order valence-corrected chi connectivity index (χ0v) is 11.3. The Kier molecular flexibility index (Phi) is 5.39. The molecule has 0 saturated heterocycles. The normalized spacial score (nSPS) is 11.9. The molecular formula is C12H13F3N2O2S. The predicted octanol–water partition coefficient (Wildman–Crippen LogP) is 2.84. The summed E-state index contributed by atoms with van der Waals surface area (Å²) in [7, 11) is -3.80. The summed E-state index contributed by atoms with van der Waals surface area (Å²) in [5.74, 6) is -0.591. The first-order valence-electron chi connectivity index (χ1n) is 5.75. The van der Waals surface area contributed by atoms with Crippen molar-refractivity contribution in [1.29, 1.82) is 5.26 Å². The number of hydrogen-bond acceptors (Lipinski definition) is 3. The number of nitriles is 1. The molecule has 0 amide bonds. The summed E-state index contributed by atoms with van der Waals surface area (Å²) in [4.78, 5) is 0. The van der Waals surface area contributed by atoms with Gasteiger partial charge in [0.15, 0.2) is 0 Å². The molecule has 0 atom stereocenters. The Morgan fingerprint density at radius 3 is 2.30 bits per heavy atom. The lowest BCUT2D eigenvalue weighted by Gasteiger charge is -2.09. The molecule has 110 valence electrons. The van der Waals surface area contributed by atoms with Crippen LogP contribution in [0.15, 0.2) is 24.3 Å². The lowest BCUT2D eigenvalue weighted by Crippen LogP contribution is -2.18. The highest BCUT2D eigenvalue weighted by molar-refractivity contribution is 7.92. The van der Waals surface area contributed by atoms with Crippen LogP contribution in [0, 0.1) is 11.3 Å². The van der Waals surface area contributed by atoms with Crippen molar-refractivity contribution in [3.8, 4) is 6.07 Å². The molecular weight excluding hydrogens is 293 g/mol. The third kappa shape index (κ3) is 6.43. The lowest BCUT2D eigenvalue weighted by molar-refractivity contribution is -0.134. The molecule has 1 rings (SSSR count). The number of nitrogens with one attached hydrogen (secondary N) is 1. The first-order valence-corrected chi connectivity index (χ1v) is 7.40. The van der Waals surface area contributed by atoms with E-state index in [9.17, 15) is 21.6 Å². The molecule has 0 aromatic heterocycles. The number of nitrogens with zero attached hydrogens (tertiary/aromatic N) is 1. The summed E-state index contributed by atoms with van der Waals surface area (Å²) in [5.41, 5.74) is 0.992. The van der Waals surface area contributed by atoms with E-state index in [4.69, 9.17) is 5.26 Å². The van der Waals surface area contributed by atoms with E-state index >= 15 is 0 Å². The van der Waals surface area contributed by atoms with Crippen LogP contribution < -0.4 is 4.72 Å². The summed E-state index contributed by atoms with van der Waals surface area (Å²) >= 11 is 0. The molecule has 0 spiro atoms. The highest BCUT2D eigenvalue weighted by atomic mass is 32.2. The van der Waals surface area contributed by atoms with Gasteiger partial charge in [-0.1, -0.05) is 12.1 Å². The molecule has 0 aliphatic carbocycles. The van der Waals surface area contributed by atoms with Crippen LogP contribution in [0.5, 0.6) is 0 Å². The van der Waals surface area contributed by atoms with Crippen LogP contribution in [-0.2, 0) is 16.4 Å². The van der Waals surface area contributed by atoms with Gasteiger partial charge >= 0.3 is 6.18 Å². The van der Waals surface area contributed by atoms with Gasteiger partial charge in [0.2, 0.25) is 10.0 Å². The van der Waals surface area contributed by atoms with E-state index in [0.29, 0.717) is 0 Å². The second kappa shape index (κ2) is 6.61. The molecule has 0 radical (unpaired) electrons. The molecule has 8 heteroatoms. The SMILES string of the molecule is N#CCc1ccc(NS(=O)(=O)CCCC(F)(F)F)cc1. The molecule has 1 aromatic carbocycles. The molecule has 0 fully saturated rings. The number of hydrogen-bond donors (Lipinski definition) is 1. The molecule has 0 aliphatic heterocycles. The van der Waals surface area contributed by atoms with Crippen molar-refractivity contribution in [1.82, 2.24) is 0 Å². The minimum atomic E-state index is -4.35. The first kappa shape index (κ1) is 16.3. The number of benzene rings is 1. The van der Waals surface area contributed by atoms with E-state index in [1.54, 1.807) is 12.1 Å². The standard InChI is InChI=1S/C12H13F3N2O2S/c13-12(14,15)7-1-9-20(18,19)17-11-4-2-10(3-5-11)6-8-16/h2-5,17H,1,6-7,9H2. The zero-order chi connectivity index (χ0) is 15.2. The third-order valence-corrected chi connectivity index (χ3v) is 3.76. The third-order valence-electron chi connectivity index (χ3n) is 2.38. The quantitative estimate of drug-likeness (QED) is 0.878. The van der Waals surface area contributed by atoms with E-state index in [1.807, 2.05) is 6.07 Å². The fourth-order valence-electron chi connectivity index (χ4n) is 1.48. The number of halogens is 3. The Bertz CT molecular complexity index is 574. The molecule has 0 unspecified atom stereocenters. The lowest BCUT2D eigenvalue weighted by atomic mass is 10.1. The van der Waals surface area contributed by atoms with Crippen LogP contribution in [0.2, 0.25) is 0 Å². The van der Waals surface area contributed by atoms with Crippen LogP contribution in [-0.4, -0.2) is 20.3 Å². The van der Waals surface area contributed by atoms with Gasteiger partial charge in [0.1, 0.15) is 0 Å². The highest BCUT2D eigenvalue weighted by Crippen LogP contribution is 2.22. The molecule has 0 bridgehead atoms. The summed E-state index contributed by atoms with van der Waals surface area (Å²) in [5, 5.41) is 8.48. The van der Waals surface area contributed by atoms with E-state index in [-0.39, 0.29) is 12.1 Å². The molecule has 1 N–H and O–H groups in total. The predicted molar refractivity (Wildman–Crippen MR) is 68.5 cm³/mol. The van der Waals surface area contributed by atoms with Gasteiger partial charge in [0.05, 0.1) is 18.2 Å². The van der Waals surface area contributed by atoms with Crippen LogP contribution in [0.3, 0.4) is 0 Å². The van der Waals surface area contributed by atoms with Crippen molar-refractivity contribution in [2.24, 2.45) is 0 Å². The second-order valence-corrected chi connectivity index (χ2v) is 6.01. The largest absolute Gasteiger partial charge is 0.389 e. The Hall–Kier alpha value is -1.75. The van der Waals surface area contributed by atoms with E-state index in [0.717, 1.165) is 5.56 Å². The Morgan fingerprint density at radius 2 is 1.80 bits per heavy atom. The number of rotatable bonds is 6. The minimum Gasteiger partial charge on any atom is -0.284 e. The number of anilines is 1. The van der Waals surface area contributed by atoms with Gasteiger partial charge in [0.25, 0.3) is 0 Å². The van der Waals surface area contributed by atoms with Crippen LogP contribution in [0.1, 0.15) is 18.4 Å². The monoisotopic (exact) mass is 306 g/mol. The molecule has 0 saturated carbocycles. The maximum atomic E-state index is 11.9. The molecule has 0 aliphatic rings. The van der Waals surface area contributed by atoms with E-state index < -0.39 is 34.8 Å². The van der Waals surface area contributed by atoms with Crippen molar-refractivity contribution in [2.45, 2.75) is 25.4 Å².